The number of carbonyl (C=O) groups excluding carboxylic acids is 2. The Kier molecular flexibility index (Phi) is 4.94. The highest BCUT2D eigenvalue weighted by Gasteiger charge is 2.49. The number of nitrogens with zero attached hydrogens (tertiary/aromatic N) is 3. The molecule has 1 aromatic rings. The summed E-state index contributed by atoms with van der Waals surface area (Å²) >= 11 is 0. The largest absolute Gasteiger partial charge is 0.383 e. The molecular formula is C18H25N3O4. The predicted molar refractivity (Wildman–Crippen MR) is 92.3 cm³/mol. The van der Waals surface area contributed by atoms with Crippen LogP contribution in [0.2, 0.25) is 0 Å². The summed E-state index contributed by atoms with van der Waals surface area (Å²) in [7, 11) is 3.28. The van der Waals surface area contributed by atoms with Crippen LogP contribution in [0.3, 0.4) is 0 Å². The molecule has 136 valence electrons. The number of methoxy groups -OCH3 is 1. The monoisotopic (exact) mass is 347 g/mol. The molecule has 2 amide bonds. The number of pyridine rings is 1. The van der Waals surface area contributed by atoms with Crippen LogP contribution in [0, 0.1) is 5.41 Å². The molecule has 2 aliphatic heterocycles. The Morgan fingerprint density at radius 2 is 2.08 bits per heavy atom. The van der Waals surface area contributed by atoms with Crippen molar-refractivity contribution in [1.82, 2.24) is 14.4 Å². The fourth-order valence-electron chi connectivity index (χ4n) is 3.86. The lowest BCUT2D eigenvalue weighted by atomic mass is 9.78. The number of ether oxygens (including phenoxy) is 1. The number of likely N-dealkylation sites (tertiary alicyclic amines) is 2. The first-order chi connectivity index (χ1) is 12.0. The van der Waals surface area contributed by atoms with E-state index in [0.717, 1.165) is 19.4 Å². The highest BCUT2D eigenvalue weighted by molar-refractivity contribution is 5.95. The standard InChI is InChI=1S/C18H25N3O4/c1-19-8-4-14(12-15(19)22)16(23)21-9-6-18(13-21)5-3-7-20(17(18)24)10-11-25-2/h4,8,12H,3,5-7,9-11,13H2,1-2H3/t18-/m0/s1. The maximum absolute atomic E-state index is 12.9. The van der Waals surface area contributed by atoms with E-state index in [-0.39, 0.29) is 17.4 Å². The molecule has 0 bridgehead atoms. The maximum Gasteiger partial charge on any atom is 0.254 e. The van der Waals surface area contributed by atoms with Gasteiger partial charge in [0.25, 0.3) is 11.5 Å². The molecule has 1 atom stereocenters. The van der Waals surface area contributed by atoms with E-state index < -0.39 is 5.41 Å². The lowest BCUT2D eigenvalue weighted by Crippen LogP contribution is -2.51. The minimum Gasteiger partial charge on any atom is -0.383 e. The Labute approximate surface area is 147 Å². The van der Waals surface area contributed by atoms with Gasteiger partial charge >= 0.3 is 0 Å². The van der Waals surface area contributed by atoms with Gasteiger partial charge in [0.05, 0.1) is 12.0 Å². The van der Waals surface area contributed by atoms with Crippen LogP contribution < -0.4 is 5.56 Å². The number of aryl methyl sites for hydroxylation is 1. The summed E-state index contributed by atoms with van der Waals surface area (Å²) in [4.78, 5) is 41.0. The molecule has 25 heavy (non-hydrogen) atoms. The number of carbonyl (C=O) groups is 2. The summed E-state index contributed by atoms with van der Waals surface area (Å²) in [6.45, 7) is 2.87. The first-order valence-corrected chi connectivity index (χ1v) is 8.71. The van der Waals surface area contributed by atoms with E-state index in [0.29, 0.717) is 38.2 Å². The van der Waals surface area contributed by atoms with Gasteiger partial charge in [0, 0.05) is 58.2 Å². The van der Waals surface area contributed by atoms with Crippen molar-refractivity contribution in [2.45, 2.75) is 19.3 Å². The Morgan fingerprint density at radius 1 is 1.28 bits per heavy atom. The van der Waals surface area contributed by atoms with Crippen molar-refractivity contribution < 1.29 is 14.3 Å². The average Bonchev–Trinajstić information content (AvgIpc) is 3.03. The van der Waals surface area contributed by atoms with Gasteiger partial charge in [-0.15, -0.1) is 0 Å². The van der Waals surface area contributed by atoms with Crippen LogP contribution in [0.1, 0.15) is 29.6 Å². The molecule has 1 spiro atoms. The minimum absolute atomic E-state index is 0.134. The normalized spacial score (nSPS) is 23.5. The van der Waals surface area contributed by atoms with Crippen molar-refractivity contribution in [2.24, 2.45) is 12.5 Å². The Hall–Kier alpha value is -2.15. The van der Waals surface area contributed by atoms with E-state index in [4.69, 9.17) is 4.74 Å². The van der Waals surface area contributed by atoms with E-state index in [2.05, 4.69) is 0 Å². The molecule has 0 aliphatic carbocycles. The zero-order valence-corrected chi connectivity index (χ0v) is 14.9. The molecule has 0 N–H and O–H groups in total. The fourth-order valence-corrected chi connectivity index (χ4v) is 3.86. The summed E-state index contributed by atoms with van der Waals surface area (Å²) in [5, 5.41) is 0. The van der Waals surface area contributed by atoms with Crippen LogP contribution in [-0.2, 0) is 16.6 Å². The molecule has 3 heterocycles. The fraction of sp³-hybridized carbons (Fsp3) is 0.611. The van der Waals surface area contributed by atoms with E-state index in [1.54, 1.807) is 31.3 Å². The number of rotatable bonds is 4. The van der Waals surface area contributed by atoms with Gasteiger partial charge in [0.15, 0.2) is 0 Å². The predicted octanol–water partition coefficient (Wildman–Crippen LogP) is 0.486. The van der Waals surface area contributed by atoms with E-state index in [9.17, 15) is 14.4 Å². The average molecular weight is 347 g/mol. The first kappa shape index (κ1) is 17.7. The van der Waals surface area contributed by atoms with Crippen molar-refractivity contribution in [3.63, 3.8) is 0 Å². The van der Waals surface area contributed by atoms with Gasteiger partial charge in [-0.2, -0.15) is 0 Å². The first-order valence-electron chi connectivity index (χ1n) is 8.71. The summed E-state index contributed by atoms with van der Waals surface area (Å²) in [6.07, 6.45) is 4.05. The molecule has 0 radical (unpaired) electrons. The number of amides is 2. The van der Waals surface area contributed by atoms with E-state index >= 15 is 0 Å². The molecule has 2 saturated heterocycles. The van der Waals surface area contributed by atoms with Crippen LogP contribution in [0.5, 0.6) is 0 Å². The lowest BCUT2D eigenvalue weighted by molar-refractivity contribution is -0.146. The van der Waals surface area contributed by atoms with Gasteiger partial charge in [-0.3, -0.25) is 14.4 Å². The van der Waals surface area contributed by atoms with E-state index in [1.807, 2.05) is 4.90 Å². The molecular weight excluding hydrogens is 322 g/mol. The Morgan fingerprint density at radius 3 is 2.80 bits per heavy atom. The van der Waals surface area contributed by atoms with Gasteiger partial charge < -0.3 is 19.1 Å². The van der Waals surface area contributed by atoms with Crippen LogP contribution in [-0.4, -0.2) is 66.1 Å². The van der Waals surface area contributed by atoms with Crippen molar-refractivity contribution in [2.75, 3.05) is 39.9 Å². The second kappa shape index (κ2) is 7.00. The molecule has 0 saturated carbocycles. The molecule has 1 aromatic heterocycles. The molecule has 7 nitrogen and oxygen atoms in total. The smallest absolute Gasteiger partial charge is 0.254 e. The quantitative estimate of drug-likeness (QED) is 0.795. The summed E-state index contributed by atoms with van der Waals surface area (Å²) in [5.41, 5.74) is -0.291. The van der Waals surface area contributed by atoms with Gasteiger partial charge in [-0.25, -0.2) is 0 Å². The number of hydrogen-bond acceptors (Lipinski definition) is 4. The van der Waals surface area contributed by atoms with Gasteiger partial charge in [-0.1, -0.05) is 0 Å². The summed E-state index contributed by atoms with van der Waals surface area (Å²) < 4.78 is 6.52. The second-order valence-corrected chi connectivity index (χ2v) is 7.01. The van der Waals surface area contributed by atoms with Crippen molar-refractivity contribution in [3.8, 4) is 0 Å². The third kappa shape index (κ3) is 3.33. The maximum atomic E-state index is 12.9. The molecule has 2 fully saturated rings. The van der Waals surface area contributed by atoms with E-state index in [1.165, 1.54) is 10.6 Å². The van der Waals surface area contributed by atoms with Crippen LogP contribution >= 0.6 is 0 Å². The lowest BCUT2D eigenvalue weighted by Gasteiger charge is -2.39. The molecule has 0 unspecified atom stereocenters. The third-order valence-corrected chi connectivity index (χ3v) is 5.38. The highest BCUT2D eigenvalue weighted by atomic mass is 16.5. The zero-order valence-electron chi connectivity index (χ0n) is 14.9. The zero-order chi connectivity index (χ0) is 18.0. The topological polar surface area (TPSA) is 71.8 Å². The molecule has 7 heteroatoms. The summed E-state index contributed by atoms with van der Waals surface area (Å²) in [6, 6.07) is 3.02. The molecule has 2 aliphatic rings. The van der Waals surface area contributed by atoms with Crippen molar-refractivity contribution in [1.29, 1.82) is 0 Å². The Bertz CT molecular complexity index is 729. The highest BCUT2D eigenvalue weighted by Crippen LogP contribution is 2.40. The Balaban J connectivity index is 1.73. The minimum atomic E-state index is -0.471. The van der Waals surface area contributed by atoms with Gasteiger partial charge in [0.1, 0.15) is 0 Å². The number of piperidine rings is 1. The van der Waals surface area contributed by atoms with Crippen LogP contribution in [0.25, 0.3) is 0 Å². The second-order valence-electron chi connectivity index (χ2n) is 7.01. The number of hydrogen-bond donors (Lipinski definition) is 0. The molecule has 0 aromatic carbocycles. The van der Waals surface area contributed by atoms with Crippen molar-refractivity contribution >= 4 is 11.8 Å². The van der Waals surface area contributed by atoms with Gasteiger partial charge in [0.2, 0.25) is 5.91 Å². The SMILES string of the molecule is COCCN1CCC[C@@]2(CCN(C(=O)c3ccn(C)c(=O)c3)C2)C1=O. The van der Waals surface area contributed by atoms with Crippen molar-refractivity contribution in [3.05, 3.63) is 34.2 Å². The third-order valence-electron chi connectivity index (χ3n) is 5.38. The van der Waals surface area contributed by atoms with Crippen LogP contribution in [0.4, 0.5) is 0 Å². The van der Waals surface area contributed by atoms with Crippen LogP contribution in [0.15, 0.2) is 23.1 Å². The number of aromatic nitrogens is 1. The van der Waals surface area contributed by atoms with Gasteiger partial charge in [-0.05, 0) is 25.3 Å². The molecule has 3 rings (SSSR count). The summed E-state index contributed by atoms with van der Waals surface area (Å²) in [5.74, 6) is -0.0357.